The molecule has 44 heavy (non-hydrogen) atoms. The van der Waals surface area contributed by atoms with Crippen molar-refractivity contribution < 1.29 is 0 Å². The third kappa shape index (κ3) is 4.41. The highest BCUT2D eigenvalue weighted by atomic mass is 15.2. The molecule has 1 fully saturated rings. The third-order valence-corrected chi connectivity index (χ3v) is 10.8. The topological polar surface area (TPSA) is 114 Å². The first-order chi connectivity index (χ1) is 20.6. The third-order valence-electron chi connectivity index (χ3n) is 10.8. The average Bonchev–Trinajstić information content (AvgIpc) is 3.80. The van der Waals surface area contributed by atoms with E-state index in [0.717, 1.165) is 39.7 Å². The number of rotatable bonds is 2. The fourth-order valence-corrected chi connectivity index (χ4v) is 7.21. The molecule has 0 amide bonds. The summed E-state index contributed by atoms with van der Waals surface area (Å²) in [5.74, 6) is -0.647. The van der Waals surface area contributed by atoms with Gasteiger partial charge >= 0.3 is 0 Å². The van der Waals surface area contributed by atoms with Crippen LogP contribution >= 0.6 is 0 Å². The Hall–Kier alpha value is -4.20. The fraction of sp³-hybridized carbons (Fsp3) is 0.459. The largest absolute Gasteiger partial charge is 0.361 e. The Labute approximate surface area is 261 Å². The van der Waals surface area contributed by atoms with Gasteiger partial charge in [-0.25, -0.2) is 0 Å². The van der Waals surface area contributed by atoms with E-state index in [1.165, 1.54) is 11.4 Å². The zero-order valence-electron chi connectivity index (χ0n) is 27.5. The molecule has 6 heterocycles. The molecule has 8 bridgehead atoms. The van der Waals surface area contributed by atoms with Crippen LogP contribution in [-0.2, 0) is 21.7 Å². The molecule has 4 aromatic rings. The number of nitrogens with zero attached hydrogens (tertiary/aromatic N) is 3. The maximum Gasteiger partial charge on any atom is 0.0824 e. The summed E-state index contributed by atoms with van der Waals surface area (Å²) in [6, 6.07) is 20.2. The van der Waals surface area contributed by atoms with Gasteiger partial charge in [-0.15, -0.1) is 0 Å². The van der Waals surface area contributed by atoms with Gasteiger partial charge in [0.25, 0.3) is 0 Å². The van der Waals surface area contributed by atoms with Crippen LogP contribution in [0.4, 0.5) is 0 Å². The normalized spacial score (nSPS) is 25.1. The molecule has 4 N–H and O–H groups in total. The number of nitrogens with one attached hydrogen (secondary N) is 4. The van der Waals surface area contributed by atoms with Crippen LogP contribution < -0.4 is 0 Å². The minimum Gasteiger partial charge on any atom is -0.361 e. The van der Waals surface area contributed by atoms with Gasteiger partial charge in [0, 0.05) is 79.8 Å². The lowest BCUT2D eigenvalue weighted by atomic mass is 9.83. The molecule has 3 atom stereocenters. The SMILES string of the molecule is CN1C[C@H](C#N)[C@@H](C#N)[C@H]1/C=C/c1cc2[nH]c1C(C)(C)c1ccc([nH]1)C(C)(C)c1ccc([nH]1)C(C)(C)c1ccc([nH]1)C2(C)C. The Bertz CT molecular complexity index is 1820. The van der Waals surface area contributed by atoms with Crippen molar-refractivity contribution in [3.8, 4) is 12.1 Å². The van der Waals surface area contributed by atoms with E-state index in [0.29, 0.717) is 6.54 Å². The number of aromatic nitrogens is 4. The summed E-state index contributed by atoms with van der Waals surface area (Å²) >= 11 is 0. The molecule has 7 nitrogen and oxygen atoms in total. The van der Waals surface area contributed by atoms with Crippen LogP contribution in [0, 0.1) is 34.5 Å². The van der Waals surface area contributed by atoms with Crippen LogP contribution in [0.5, 0.6) is 0 Å². The van der Waals surface area contributed by atoms with Gasteiger partial charge in [0.15, 0.2) is 0 Å². The zero-order valence-corrected chi connectivity index (χ0v) is 27.5. The van der Waals surface area contributed by atoms with Crippen molar-refractivity contribution in [1.29, 1.82) is 10.5 Å². The summed E-state index contributed by atoms with van der Waals surface area (Å²) in [6.45, 7) is 18.7. The predicted molar refractivity (Wildman–Crippen MR) is 175 cm³/mol. The first kappa shape index (κ1) is 29.9. The molecule has 228 valence electrons. The molecule has 2 aliphatic heterocycles. The smallest absolute Gasteiger partial charge is 0.0824 e. The number of hydrogen-bond donors (Lipinski definition) is 4. The molecule has 0 unspecified atom stereocenters. The van der Waals surface area contributed by atoms with E-state index in [1.54, 1.807) is 0 Å². The van der Waals surface area contributed by atoms with Gasteiger partial charge in [-0.2, -0.15) is 10.5 Å². The Morgan fingerprint density at radius 1 is 0.659 bits per heavy atom. The molecular weight excluding hydrogens is 542 g/mol. The van der Waals surface area contributed by atoms with Crippen LogP contribution in [0.15, 0.2) is 48.5 Å². The standard InChI is InChI=1S/C37H45N7/c1-34(2)26-12-13-27(40-26)35(3,4)29-16-17-31(42-29)37(7,8)33-22(10-11-25-24(20-39)23(19-38)21-44(25)9)18-32(43-33)36(5,6)30-15-14-28(34)41-30/h10-18,23-25,40-43H,21H2,1-9H3/b11-10+/t23-,24+,25+/m0/s1. The molecule has 2 aliphatic rings. The Morgan fingerprint density at radius 2 is 1.09 bits per heavy atom. The summed E-state index contributed by atoms with van der Waals surface area (Å²) in [7, 11) is 2.00. The van der Waals surface area contributed by atoms with Crippen molar-refractivity contribution in [3.05, 3.63) is 99.7 Å². The number of likely N-dealkylation sites (N-methyl/N-ethyl adjacent to an activating group) is 1. The van der Waals surface area contributed by atoms with Gasteiger partial charge in [0.05, 0.1) is 24.0 Å². The lowest BCUT2D eigenvalue weighted by molar-refractivity contribution is 0.342. The van der Waals surface area contributed by atoms with Crippen LogP contribution in [0.3, 0.4) is 0 Å². The Balaban J connectivity index is 1.54. The first-order valence-electron chi connectivity index (χ1n) is 15.6. The van der Waals surface area contributed by atoms with Crippen molar-refractivity contribution in [2.24, 2.45) is 11.8 Å². The van der Waals surface area contributed by atoms with Gasteiger partial charge in [-0.1, -0.05) is 12.2 Å². The highest BCUT2D eigenvalue weighted by Gasteiger charge is 2.40. The molecule has 4 aromatic heterocycles. The van der Waals surface area contributed by atoms with Crippen LogP contribution in [0.1, 0.15) is 107 Å². The number of fused-ring (bicyclic) bond motifs is 8. The average molecular weight is 588 g/mol. The van der Waals surface area contributed by atoms with E-state index in [-0.39, 0.29) is 39.5 Å². The minimum absolute atomic E-state index is 0.120. The van der Waals surface area contributed by atoms with Gasteiger partial charge in [-0.05, 0) is 110 Å². The van der Waals surface area contributed by atoms with Crippen molar-refractivity contribution >= 4 is 6.08 Å². The summed E-state index contributed by atoms with van der Waals surface area (Å²) in [6.07, 6.45) is 4.28. The van der Waals surface area contributed by atoms with Crippen molar-refractivity contribution in [2.75, 3.05) is 13.6 Å². The summed E-state index contributed by atoms with van der Waals surface area (Å²) in [4.78, 5) is 17.4. The second-order valence-corrected chi connectivity index (χ2v) is 15.1. The quantitative estimate of drug-likeness (QED) is 0.198. The van der Waals surface area contributed by atoms with E-state index in [4.69, 9.17) is 0 Å². The van der Waals surface area contributed by atoms with Crippen LogP contribution in [0.25, 0.3) is 6.08 Å². The molecule has 0 aliphatic carbocycles. The number of hydrogen-bond acceptors (Lipinski definition) is 3. The number of H-pyrrole nitrogens is 4. The number of likely N-dealkylation sites (tertiary alicyclic amines) is 1. The fourth-order valence-electron chi connectivity index (χ4n) is 7.21. The molecule has 0 radical (unpaired) electrons. The lowest BCUT2D eigenvalue weighted by Gasteiger charge is -2.28. The Morgan fingerprint density at radius 3 is 1.52 bits per heavy atom. The number of nitriles is 2. The highest BCUT2D eigenvalue weighted by molar-refractivity contribution is 5.59. The van der Waals surface area contributed by atoms with E-state index >= 15 is 0 Å². The minimum atomic E-state index is -0.380. The van der Waals surface area contributed by atoms with Crippen molar-refractivity contribution in [3.63, 3.8) is 0 Å². The summed E-state index contributed by atoms with van der Waals surface area (Å²) in [5, 5.41) is 19.6. The molecule has 0 saturated carbocycles. The second-order valence-electron chi connectivity index (χ2n) is 15.1. The number of aromatic amines is 4. The summed E-state index contributed by atoms with van der Waals surface area (Å²) in [5.41, 5.74) is 8.99. The van der Waals surface area contributed by atoms with Gasteiger partial charge in [0.2, 0.25) is 0 Å². The monoisotopic (exact) mass is 587 g/mol. The van der Waals surface area contributed by atoms with Crippen LogP contribution in [0.2, 0.25) is 0 Å². The van der Waals surface area contributed by atoms with Crippen molar-refractivity contribution in [2.45, 2.75) is 83.1 Å². The molecular formula is C37H45N7. The summed E-state index contributed by atoms with van der Waals surface area (Å²) < 4.78 is 0. The first-order valence-corrected chi connectivity index (χ1v) is 15.6. The van der Waals surface area contributed by atoms with Crippen molar-refractivity contribution in [1.82, 2.24) is 24.8 Å². The maximum absolute atomic E-state index is 9.93. The van der Waals surface area contributed by atoms with Gasteiger partial charge in [0.1, 0.15) is 0 Å². The molecule has 0 spiro atoms. The van der Waals surface area contributed by atoms with E-state index in [2.05, 4.69) is 147 Å². The predicted octanol–water partition coefficient (Wildman–Crippen LogP) is 7.22. The Kier molecular flexibility index (Phi) is 6.72. The second kappa shape index (κ2) is 9.91. The molecule has 0 aromatic carbocycles. The van der Waals surface area contributed by atoms with E-state index in [1.807, 2.05) is 7.05 Å². The zero-order chi connectivity index (χ0) is 31.8. The maximum atomic E-state index is 9.93. The molecule has 1 saturated heterocycles. The molecule has 7 heteroatoms. The van der Waals surface area contributed by atoms with E-state index in [9.17, 15) is 10.5 Å². The van der Waals surface area contributed by atoms with E-state index < -0.39 is 0 Å². The van der Waals surface area contributed by atoms with Crippen LogP contribution in [-0.4, -0.2) is 44.5 Å². The van der Waals surface area contributed by atoms with Gasteiger partial charge in [-0.3, -0.25) is 4.90 Å². The van der Waals surface area contributed by atoms with Gasteiger partial charge < -0.3 is 19.9 Å². The lowest BCUT2D eigenvalue weighted by Crippen LogP contribution is -2.27. The molecule has 6 rings (SSSR count). The highest BCUT2D eigenvalue weighted by Crippen LogP contribution is 2.42.